The molecule has 6 nitrogen and oxygen atoms in total. The maximum absolute atomic E-state index is 11.6. The summed E-state index contributed by atoms with van der Waals surface area (Å²) in [4.78, 5) is 26.4. The van der Waals surface area contributed by atoms with Crippen LogP contribution in [0.4, 0.5) is 4.79 Å². The second-order valence-corrected chi connectivity index (χ2v) is 4.30. The summed E-state index contributed by atoms with van der Waals surface area (Å²) in [6.45, 7) is 4.07. The minimum Gasteiger partial charge on any atom is -0.481 e. The molecular weight excluding hydrogens is 246 g/mol. The molecule has 0 saturated heterocycles. The predicted octanol–water partition coefficient (Wildman–Crippen LogP) is 1.44. The highest BCUT2D eigenvalue weighted by Gasteiger charge is 2.13. The molecule has 19 heavy (non-hydrogen) atoms. The summed E-state index contributed by atoms with van der Waals surface area (Å²) in [6.07, 6.45) is 2.16. The Morgan fingerprint density at radius 3 is 2.79 bits per heavy atom. The van der Waals surface area contributed by atoms with Crippen LogP contribution in [-0.2, 0) is 11.3 Å². The van der Waals surface area contributed by atoms with E-state index in [2.05, 4.69) is 15.6 Å². The van der Waals surface area contributed by atoms with Crippen molar-refractivity contribution in [3.8, 4) is 0 Å². The Bertz CT molecular complexity index is 449. The predicted molar refractivity (Wildman–Crippen MR) is 70.7 cm³/mol. The number of carbonyl (C=O) groups is 2. The number of carboxylic acid groups (broad SMARTS) is 1. The fourth-order valence-electron chi connectivity index (χ4n) is 1.61. The number of nitrogens with one attached hydrogen (secondary N) is 2. The van der Waals surface area contributed by atoms with E-state index in [0.717, 1.165) is 11.3 Å². The number of carboxylic acids is 1. The number of carbonyl (C=O) groups excluding carboxylic acids is 1. The number of hydrogen-bond donors (Lipinski definition) is 3. The average molecular weight is 265 g/mol. The molecule has 1 heterocycles. The van der Waals surface area contributed by atoms with Gasteiger partial charge in [0.05, 0.1) is 18.7 Å². The zero-order chi connectivity index (χ0) is 14.3. The molecule has 3 N–H and O–H groups in total. The Hall–Kier alpha value is -2.11. The first kappa shape index (κ1) is 14.9. The van der Waals surface area contributed by atoms with Gasteiger partial charge in [-0.2, -0.15) is 0 Å². The molecule has 0 radical (unpaired) electrons. The van der Waals surface area contributed by atoms with Gasteiger partial charge in [0.2, 0.25) is 0 Å². The van der Waals surface area contributed by atoms with Gasteiger partial charge in [0.1, 0.15) is 0 Å². The van der Waals surface area contributed by atoms with Gasteiger partial charge in [-0.05, 0) is 25.0 Å². The Balaban J connectivity index is 2.43. The Morgan fingerprint density at radius 1 is 1.47 bits per heavy atom. The lowest BCUT2D eigenvalue weighted by Gasteiger charge is -2.15. The second-order valence-electron chi connectivity index (χ2n) is 4.30. The summed E-state index contributed by atoms with van der Waals surface area (Å²) < 4.78 is 0. The number of rotatable bonds is 6. The van der Waals surface area contributed by atoms with Crippen molar-refractivity contribution in [1.82, 2.24) is 15.6 Å². The molecule has 0 aliphatic heterocycles. The SMILES string of the molecule is CCC(CC(=O)O)NC(=O)NCc1ncccc1C. The smallest absolute Gasteiger partial charge is 0.315 e. The summed E-state index contributed by atoms with van der Waals surface area (Å²) in [5.74, 6) is -0.923. The van der Waals surface area contributed by atoms with E-state index in [-0.39, 0.29) is 18.5 Å². The quantitative estimate of drug-likeness (QED) is 0.726. The standard InChI is InChI=1S/C13H19N3O3/c1-3-10(7-12(17)18)16-13(19)15-8-11-9(2)5-4-6-14-11/h4-6,10H,3,7-8H2,1-2H3,(H,17,18)(H2,15,16,19). The Labute approximate surface area is 112 Å². The molecular formula is C13H19N3O3. The van der Waals surface area contributed by atoms with Crippen molar-refractivity contribution >= 4 is 12.0 Å². The van der Waals surface area contributed by atoms with Crippen LogP contribution in [0.2, 0.25) is 0 Å². The van der Waals surface area contributed by atoms with E-state index < -0.39 is 5.97 Å². The van der Waals surface area contributed by atoms with Crippen LogP contribution in [0.25, 0.3) is 0 Å². The lowest BCUT2D eigenvalue weighted by Crippen LogP contribution is -2.42. The highest BCUT2D eigenvalue weighted by molar-refractivity contribution is 5.75. The van der Waals surface area contributed by atoms with E-state index in [9.17, 15) is 9.59 Å². The molecule has 6 heteroatoms. The van der Waals surface area contributed by atoms with Crippen molar-refractivity contribution in [2.24, 2.45) is 0 Å². The molecule has 0 bridgehead atoms. The highest BCUT2D eigenvalue weighted by atomic mass is 16.4. The molecule has 0 fully saturated rings. The van der Waals surface area contributed by atoms with E-state index in [1.54, 1.807) is 6.20 Å². The number of pyridine rings is 1. The minimum atomic E-state index is -0.923. The van der Waals surface area contributed by atoms with Gasteiger partial charge in [-0.1, -0.05) is 13.0 Å². The van der Waals surface area contributed by atoms with Crippen LogP contribution in [-0.4, -0.2) is 28.1 Å². The summed E-state index contributed by atoms with van der Waals surface area (Å²) in [6, 6.07) is 3.01. The van der Waals surface area contributed by atoms with Crippen molar-refractivity contribution < 1.29 is 14.7 Å². The third-order valence-corrected chi connectivity index (χ3v) is 2.78. The zero-order valence-electron chi connectivity index (χ0n) is 11.1. The molecule has 0 spiro atoms. The van der Waals surface area contributed by atoms with E-state index >= 15 is 0 Å². The van der Waals surface area contributed by atoms with Crippen LogP contribution in [0.3, 0.4) is 0 Å². The van der Waals surface area contributed by atoms with Crippen LogP contribution in [0.15, 0.2) is 18.3 Å². The molecule has 1 rings (SSSR count). The molecule has 104 valence electrons. The topological polar surface area (TPSA) is 91.3 Å². The molecule has 0 aliphatic rings. The van der Waals surface area contributed by atoms with Gasteiger partial charge >= 0.3 is 12.0 Å². The van der Waals surface area contributed by atoms with Crippen molar-refractivity contribution in [2.45, 2.75) is 39.3 Å². The van der Waals surface area contributed by atoms with Crippen molar-refractivity contribution in [1.29, 1.82) is 0 Å². The van der Waals surface area contributed by atoms with Crippen molar-refractivity contribution in [3.63, 3.8) is 0 Å². The number of nitrogens with zero attached hydrogens (tertiary/aromatic N) is 1. The Morgan fingerprint density at radius 2 is 2.21 bits per heavy atom. The Kier molecular flexibility index (Phi) is 5.78. The second kappa shape index (κ2) is 7.35. The molecule has 1 atom stereocenters. The third kappa shape index (κ3) is 5.37. The first-order chi connectivity index (χ1) is 9.02. The first-order valence-corrected chi connectivity index (χ1v) is 6.19. The molecule has 0 saturated carbocycles. The summed E-state index contributed by atoms with van der Waals surface area (Å²) in [7, 11) is 0. The van der Waals surface area contributed by atoms with Gasteiger partial charge in [0.15, 0.2) is 0 Å². The molecule has 2 amide bonds. The fourth-order valence-corrected chi connectivity index (χ4v) is 1.61. The number of amides is 2. The number of aliphatic carboxylic acids is 1. The minimum absolute atomic E-state index is 0.0769. The first-order valence-electron chi connectivity index (χ1n) is 6.19. The number of urea groups is 1. The lowest BCUT2D eigenvalue weighted by atomic mass is 10.1. The number of hydrogen-bond acceptors (Lipinski definition) is 3. The highest BCUT2D eigenvalue weighted by Crippen LogP contribution is 2.02. The van der Waals surface area contributed by atoms with Crippen LogP contribution in [0.5, 0.6) is 0 Å². The van der Waals surface area contributed by atoms with Gasteiger partial charge in [0.25, 0.3) is 0 Å². The summed E-state index contributed by atoms with van der Waals surface area (Å²) in [5, 5.41) is 14.0. The maximum atomic E-state index is 11.6. The van der Waals surface area contributed by atoms with E-state index in [4.69, 9.17) is 5.11 Å². The molecule has 0 aliphatic carbocycles. The fraction of sp³-hybridized carbons (Fsp3) is 0.462. The maximum Gasteiger partial charge on any atom is 0.315 e. The van der Waals surface area contributed by atoms with Crippen molar-refractivity contribution in [2.75, 3.05) is 0 Å². The molecule has 1 unspecified atom stereocenters. The third-order valence-electron chi connectivity index (χ3n) is 2.78. The largest absolute Gasteiger partial charge is 0.481 e. The monoisotopic (exact) mass is 265 g/mol. The van der Waals surface area contributed by atoms with Crippen LogP contribution in [0.1, 0.15) is 31.0 Å². The molecule has 1 aromatic rings. The average Bonchev–Trinajstić information content (AvgIpc) is 2.36. The van der Waals surface area contributed by atoms with Gasteiger partial charge in [-0.25, -0.2) is 4.79 Å². The lowest BCUT2D eigenvalue weighted by molar-refractivity contribution is -0.137. The van der Waals surface area contributed by atoms with Gasteiger partial charge in [-0.15, -0.1) is 0 Å². The van der Waals surface area contributed by atoms with E-state index in [1.165, 1.54) is 0 Å². The normalized spacial score (nSPS) is 11.7. The zero-order valence-corrected chi connectivity index (χ0v) is 11.1. The van der Waals surface area contributed by atoms with Crippen LogP contribution < -0.4 is 10.6 Å². The molecule has 0 aromatic carbocycles. The van der Waals surface area contributed by atoms with E-state index in [1.807, 2.05) is 26.0 Å². The van der Waals surface area contributed by atoms with Crippen LogP contribution >= 0.6 is 0 Å². The van der Waals surface area contributed by atoms with Crippen molar-refractivity contribution in [3.05, 3.63) is 29.6 Å². The summed E-state index contributed by atoms with van der Waals surface area (Å²) >= 11 is 0. The van der Waals surface area contributed by atoms with E-state index in [0.29, 0.717) is 13.0 Å². The van der Waals surface area contributed by atoms with Gasteiger partial charge in [0, 0.05) is 12.2 Å². The van der Waals surface area contributed by atoms with Crippen LogP contribution in [0, 0.1) is 6.92 Å². The van der Waals surface area contributed by atoms with Gasteiger partial charge < -0.3 is 15.7 Å². The number of aromatic nitrogens is 1. The summed E-state index contributed by atoms with van der Waals surface area (Å²) in [5.41, 5.74) is 1.80. The van der Waals surface area contributed by atoms with Gasteiger partial charge in [-0.3, -0.25) is 9.78 Å². The number of aryl methyl sites for hydroxylation is 1. The molecule has 1 aromatic heterocycles.